The van der Waals surface area contributed by atoms with Crippen molar-refractivity contribution >= 4 is 15.9 Å². The molecule has 0 spiro atoms. The first-order valence-electron chi connectivity index (χ1n) is 6.12. The van der Waals surface area contributed by atoms with Gasteiger partial charge in [0.25, 0.3) is 0 Å². The van der Waals surface area contributed by atoms with Gasteiger partial charge in [-0.2, -0.15) is 5.26 Å². The Hall–Kier alpha value is -1.73. The minimum absolute atomic E-state index is 0.349. The number of rotatable bonds is 4. The molecule has 0 aliphatic heterocycles. The van der Waals surface area contributed by atoms with E-state index in [4.69, 9.17) is 0 Å². The van der Waals surface area contributed by atoms with Crippen LogP contribution < -0.4 is 0 Å². The molecule has 0 aromatic heterocycles. The maximum absolute atomic E-state index is 13.1. The maximum Gasteiger partial charge on any atom is 0.123 e. The van der Waals surface area contributed by atoms with Crippen LogP contribution in [0, 0.1) is 23.0 Å². The van der Waals surface area contributed by atoms with Gasteiger partial charge in [-0.3, -0.25) is 0 Å². The maximum atomic E-state index is 13.1. The summed E-state index contributed by atoms with van der Waals surface area (Å²) in [5.74, 6) is -0.697. The first-order valence-corrected chi connectivity index (χ1v) is 7.24. The topological polar surface area (TPSA) is 23.8 Å². The molecule has 0 radical (unpaired) electrons. The average molecular weight is 336 g/mol. The van der Waals surface area contributed by atoms with Crippen molar-refractivity contribution in [1.29, 1.82) is 5.26 Å². The molecule has 2 aromatic carbocycles. The first kappa shape index (κ1) is 14.7. The van der Waals surface area contributed by atoms with Gasteiger partial charge >= 0.3 is 0 Å². The van der Waals surface area contributed by atoms with Crippen molar-refractivity contribution in [3.63, 3.8) is 0 Å². The Labute approximate surface area is 125 Å². The molecule has 2 aromatic rings. The predicted molar refractivity (Wildman–Crippen MR) is 77.6 cm³/mol. The molecule has 0 bridgehead atoms. The highest BCUT2D eigenvalue weighted by Crippen LogP contribution is 2.36. The zero-order valence-electron chi connectivity index (χ0n) is 10.6. The van der Waals surface area contributed by atoms with Crippen LogP contribution in [-0.2, 0) is 5.41 Å². The first-order chi connectivity index (χ1) is 9.62. The van der Waals surface area contributed by atoms with E-state index in [9.17, 15) is 14.0 Å². The third kappa shape index (κ3) is 2.73. The normalized spacial score (nSPS) is 11.1. The van der Waals surface area contributed by atoms with E-state index in [1.807, 2.05) is 0 Å². The lowest BCUT2D eigenvalue weighted by Gasteiger charge is -2.27. The highest BCUT2D eigenvalue weighted by molar-refractivity contribution is 9.09. The Kier molecular flexibility index (Phi) is 4.51. The molecule has 4 heteroatoms. The van der Waals surface area contributed by atoms with Gasteiger partial charge < -0.3 is 0 Å². The molecule has 1 nitrogen and oxygen atoms in total. The van der Waals surface area contributed by atoms with E-state index in [1.165, 1.54) is 24.3 Å². The van der Waals surface area contributed by atoms with Gasteiger partial charge in [0.05, 0.1) is 6.07 Å². The quantitative estimate of drug-likeness (QED) is 0.751. The zero-order valence-corrected chi connectivity index (χ0v) is 12.2. The summed E-state index contributed by atoms with van der Waals surface area (Å²) in [5.41, 5.74) is 0.491. The van der Waals surface area contributed by atoms with Crippen molar-refractivity contribution in [3.05, 3.63) is 71.3 Å². The van der Waals surface area contributed by atoms with Crippen molar-refractivity contribution in [2.75, 3.05) is 5.33 Å². The third-order valence-corrected chi connectivity index (χ3v) is 3.73. The molecular weight excluding hydrogens is 324 g/mol. The van der Waals surface area contributed by atoms with Crippen LogP contribution in [0.5, 0.6) is 0 Å². The van der Waals surface area contributed by atoms with E-state index >= 15 is 0 Å². The van der Waals surface area contributed by atoms with E-state index in [0.29, 0.717) is 22.9 Å². The highest BCUT2D eigenvalue weighted by Gasteiger charge is 2.33. The van der Waals surface area contributed by atoms with Crippen LogP contribution in [0.15, 0.2) is 48.5 Å². The van der Waals surface area contributed by atoms with E-state index < -0.39 is 5.41 Å². The van der Waals surface area contributed by atoms with Gasteiger partial charge in [-0.1, -0.05) is 40.2 Å². The Morgan fingerprint density at radius 3 is 1.60 bits per heavy atom. The Morgan fingerprint density at radius 2 is 1.30 bits per heavy atom. The van der Waals surface area contributed by atoms with Crippen molar-refractivity contribution < 1.29 is 8.78 Å². The molecule has 0 heterocycles. The van der Waals surface area contributed by atoms with Crippen molar-refractivity contribution in [2.45, 2.75) is 11.8 Å². The van der Waals surface area contributed by atoms with Gasteiger partial charge in [0.1, 0.15) is 17.0 Å². The molecule has 20 heavy (non-hydrogen) atoms. The lowest BCUT2D eigenvalue weighted by atomic mass is 9.74. The van der Waals surface area contributed by atoms with Crippen molar-refractivity contribution in [3.8, 4) is 6.07 Å². The molecule has 102 valence electrons. The van der Waals surface area contributed by atoms with Crippen LogP contribution in [-0.4, -0.2) is 5.33 Å². The molecule has 0 atom stereocenters. The van der Waals surface area contributed by atoms with Gasteiger partial charge in [-0.05, 0) is 41.8 Å². The molecule has 0 N–H and O–H groups in total. The second-order valence-electron chi connectivity index (χ2n) is 4.47. The minimum atomic E-state index is -0.912. The number of alkyl halides is 1. The summed E-state index contributed by atoms with van der Waals surface area (Å²) in [6, 6.07) is 14.1. The highest BCUT2D eigenvalue weighted by atomic mass is 79.9. The summed E-state index contributed by atoms with van der Waals surface area (Å²) < 4.78 is 26.2. The number of benzene rings is 2. The van der Waals surface area contributed by atoms with Crippen LogP contribution in [0.4, 0.5) is 8.78 Å². The number of nitriles is 1. The lowest BCUT2D eigenvalue weighted by molar-refractivity contribution is 0.607. The van der Waals surface area contributed by atoms with E-state index in [2.05, 4.69) is 22.0 Å². The Bertz CT molecular complexity index is 569. The summed E-state index contributed by atoms with van der Waals surface area (Å²) in [6.45, 7) is 0. The van der Waals surface area contributed by atoms with Crippen LogP contribution in [0.2, 0.25) is 0 Å². The fourth-order valence-corrected chi connectivity index (χ4v) is 2.85. The standard InChI is InChI=1S/C16H12BrF2N/c17-10-9-16(11-20,12-1-5-14(18)6-2-12)13-3-7-15(19)8-4-13/h1-8H,9-10H2. The van der Waals surface area contributed by atoms with E-state index in [1.54, 1.807) is 24.3 Å². The molecule has 0 unspecified atom stereocenters. The zero-order chi connectivity index (χ0) is 14.6. The summed E-state index contributed by atoms with van der Waals surface area (Å²) in [6.07, 6.45) is 0.515. The second-order valence-corrected chi connectivity index (χ2v) is 5.26. The molecule has 0 fully saturated rings. The molecule has 0 saturated heterocycles. The fraction of sp³-hybridized carbons (Fsp3) is 0.188. The van der Waals surface area contributed by atoms with Gasteiger partial charge in [0.15, 0.2) is 0 Å². The SMILES string of the molecule is N#CC(CCBr)(c1ccc(F)cc1)c1ccc(F)cc1. The van der Waals surface area contributed by atoms with Gasteiger partial charge in [-0.25, -0.2) is 8.78 Å². The smallest absolute Gasteiger partial charge is 0.123 e. The molecule has 2 rings (SSSR count). The van der Waals surface area contributed by atoms with E-state index in [-0.39, 0.29) is 11.6 Å². The molecule has 0 aliphatic rings. The average Bonchev–Trinajstić information content (AvgIpc) is 2.47. The summed E-state index contributed by atoms with van der Waals surface area (Å²) >= 11 is 3.35. The van der Waals surface area contributed by atoms with Crippen LogP contribution in [0.3, 0.4) is 0 Å². The molecule has 0 amide bonds. The van der Waals surface area contributed by atoms with Crippen LogP contribution >= 0.6 is 15.9 Å². The summed E-state index contributed by atoms with van der Waals surface area (Å²) in [5, 5.41) is 10.3. The summed E-state index contributed by atoms with van der Waals surface area (Å²) in [7, 11) is 0. The van der Waals surface area contributed by atoms with Crippen molar-refractivity contribution in [2.24, 2.45) is 0 Å². The lowest BCUT2D eigenvalue weighted by Crippen LogP contribution is -2.26. The largest absolute Gasteiger partial charge is 0.207 e. The van der Waals surface area contributed by atoms with Crippen LogP contribution in [0.25, 0.3) is 0 Å². The van der Waals surface area contributed by atoms with E-state index in [0.717, 1.165) is 0 Å². The number of hydrogen-bond acceptors (Lipinski definition) is 1. The molecule has 0 saturated carbocycles. The Balaban J connectivity index is 2.58. The molecular formula is C16H12BrF2N. The van der Waals surface area contributed by atoms with Gasteiger partial charge in [0.2, 0.25) is 0 Å². The molecule has 0 aliphatic carbocycles. The number of hydrogen-bond donors (Lipinski definition) is 0. The second kappa shape index (κ2) is 6.15. The van der Waals surface area contributed by atoms with Crippen molar-refractivity contribution in [1.82, 2.24) is 0 Å². The predicted octanol–water partition coefficient (Wildman–Crippen LogP) is 4.56. The number of halogens is 3. The van der Waals surface area contributed by atoms with Crippen LogP contribution in [0.1, 0.15) is 17.5 Å². The van der Waals surface area contributed by atoms with Gasteiger partial charge in [-0.15, -0.1) is 0 Å². The monoisotopic (exact) mass is 335 g/mol. The third-order valence-electron chi connectivity index (χ3n) is 3.33. The number of nitrogens with zero attached hydrogens (tertiary/aromatic N) is 1. The van der Waals surface area contributed by atoms with Gasteiger partial charge in [0, 0.05) is 5.33 Å². The summed E-state index contributed by atoms with van der Waals surface area (Å²) in [4.78, 5) is 0. The Morgan fingerprint density at radius 1 is 0.900 bits per heavy atom. The minimum Gasteiger partial charge on any atom is -0.207 e. The fourth-order valence-electron chi connectivity index (χ4n) is 2.25.